The van der Waals surface area contributed by atoms with Gasteiger partial charge in [-0.3, -0.25) is 4.99 Å². The van der Waals surface area contributed by atoms with E-state index in [4.69, 9.17) is 4.42 Å². The molecule has 4 aromatic rings. The van der Waals surface area contributed by atoms with Gasteiger partial charge in [0.2, 0.25) is 0 Å². The number of nitrogens with one attached hydrogen (secondary N) is 2. The van der Waals surface area contributed by atoms with E-state index in [1.807, 2.05) is 30.3 Å². The average molecular weight is 510 g/mol. The van der Waals surface area contributed by atoms with Crippen molar-refractivity contribution in [3.63, 3.8) is 0 Å². The van der Waals surface area contributed by atoms with E-state index < -0.39 is 0 Å². The summed E-state index contributed by atoms with van der Waals surface area (Å²) in [6.07, 6.45) is 0. The monoisotopic (exact) mass is 510 g/mol. The summed E-state index contributed by atoms with van der Waals surface area (Å²) in [5, 5.41) is 11.7. The van der Waals surface area contributed by atoms with Crippen LogP contribution < -0.4 is 10.6 Å². The van der Waals surface area contributed by atoms with Gasteiger partial charge < -0.3 is 15.1 Å². The number of hydrogen-bond acceptors (Lipinski definition) is 5. The van der Waals surface area contributed by atoms with Gasteiger partial charge in [-0.1, -0.05) is 12.1 Å². The minimum Gasteiger partial charge on any atom is -0.457 e. The molecule has 140 valence electrons. The van der Waals surface area contributed by atoms with Crippen molar-refractivity contribution in [1.82, 2.24) is 15.6 Å². The normalized spacial score (nSPS) is 11.4. The molecular weight excluding hydrogens is 491 g/mol. The molecule has 0 saturated heterocycles. The smallest absolute Gasteiger partial charge is 0.191 e. The number of hydrogen-bond donors (Lipinski definition) is 2. The molecule has 27 heavy (non-hydrogen) atoms. The lowest BCUT2D eigenvalue weighted by Gasteiger charge is -2.10. The molecule has 0 bridgehead atoms. The molecule has 0 atom stereocenters. The number of benzene rings is 1. The van der Waals surface area contributed by atoms with Crippen molar-refractivity contribution >= 4 is 62.8 Å². The summed E-state index contributed by atoms with van der Waals surface area (Å²) in [6.45, 7) is 1.31. The zero-order chi connectivity index (χ0) is 17.8. The summed E-state index contributed by atoms with van der Waals surface area (Å²) in [5.41, 5.74) is 2.25. The number of para-hydroxylation sites is 1. The summed E-state index contributed by atoms with van der Waals surface area (Å²) < 4.78 is 7.11. The molecule has 5 nitrogen and oxygen atoms in total. The van der Waals surface area contributed by atoms with E-state index in [9.17, 15) is 0 Å². The fourth-order valence-corrected chi connectivity index (χ4v) is 4.13. The Balaban J connectivity index is 0.00000210. The maximum Gasteiger partial charge on any atom is 0.191 e. The van der Waals surface area contributed by atoms with Crippen molar-refractivity contribution in [2.45, 2.75) is 13.1 Å². The third-order valence-electron chi connectivity index (χ3n) is 3.86. The molecule has 8 heteroatoms. The number of aliphatic imine (C=N–C) groups is 1. The summed E-state index contributed by atoms with van der Waals surface area (Å²) in [7, 11) is 1.76. The van der Waals surface area contributed by atoms with Crippen LogP contribution in [0.2, 0.25) is 0 Å². The Kier molecular flexibility index (Phi) is 6.86. The minimum absolute atomic E-state index is 0. The second-order valence-electron chi connectivity index (χ2n) is 5.66. The molecular formula is C19H19IN4OS2. The SMILES string of the molecule is CN=C(NCc1ccsc1)NCc1ccc(-c2nc3ccccc3s2)o1.I. The number of thiazole rings is 1. The molecule has 3 aromatic heterocycles. The first kappa shape index (κ1) is 19.8. The van der Waals surface area contributed by atoms with Crippen LogP contribution in [0.15, 0.2) is 62.6 Å². The van der Waals surface area contributed by atoms with Crippen molar-refractivity contribution in [3.05, 3.63) is 64.5 Å². The van der Waals surface area contributed by atoms with Gasteiger partial charge in [0.1, 0.15) is 5.76 Å². The van der Waals surface area contributed by atoms with Crippen LogP contribution in [0, 0.1) is 0 Å². The lowest BCUT2D eigenvalue weighted by Crippen LogP contribution is -2.36. The predicted molar refractivity (Wildman–Crippen MR) is 124 cm³/mol. The van der Waals surface area contributed by atoms with Gasteiger partial charge in [-0.15, -0.1) is 35.3 Å². The molecule has 0 saturated carbocycles. The highest BCUT2D eigenvalue weighted by molar-refractivity contribution is 14.0. The van der Waals surface area contributed by atoms with E-state index in [2.05, 4.69) is 43.5 Å². The number of rotatable bonds is 5. The Morgan fingerprint density at radius 3 is 2.74 bits per heavy atom. The molecule has 3 heterocycles. The molecule has 0 aliphatic heterocycles. The molecule has 0 aliphatic rings. The van der Waals surface area contributed by atoms with Crippen LogP contribution >= 0.6 is 46.7 Å². The molecule has 1 aromatic carbocycles. The number of guanidine groups is 1. The second kappa shape index (κ2) is 9.34. The molecule has 0 radical (unpaired) electrons. The van der Waals surface area contributed by atoms with E-state index >= 15 is 0 Å². The van der Waals surface area contributed by atoms with Crippen LogP contribution in [-0.4, -0.2) is 18.0 Å². The Morgan fingerprint density at radius 1 is 1.11 bits per heavy atom. The van der Waals surface area contributed by atoms with Crippen LogP contribution in [0.1, 0.15) is 11.3 Å². The van der Waals surface area contributed by atoms with Crippen molar-refractivity contribution < 1.29 is 4.42 Å². The maximum atomic E-state index is 5.95. The topological polar surface area (TPSA) is 62.5 Å². The van der Waals surface area contributed by atoms with Gasteiger partial charge in [0.25, 0.3) is 0 Å². The Morgan fingerprint density at radius 2 is 1.96 bits per heavy atom. The van der Waals surface area contributed by atoms with E-state index in [1.54, 1.807) is 29.7 Å². The van der Waals surface area contributed by atoms with Gasteiger partial charge >= 0.3 is 0 Å². The highest BCUT2D eigenvalue weighted by Crippen LogP contribution is 2.31. The van der Waals surface area contributed by atoms with Crippen LogP contribution in [0.5, 0.6) is 0 Å². The molecule has 0 amide bonds. The minimum atomic E-state index is 0. The standard InChI is InChI=1S/C19H18N4OS2.HI/c1-20-19(21-10-13-8-9-25-12-13)22-11-14-6-7-16(24-14)18-23-15-4-2-3-5-17(15)26-18;/h2-9,12H,10-11H2,1H3,(H2,20,21,22);1H. The highest BCUT2D eigenvalue weighted by atomic mass is 127. The summed E-state index contributed by atoms with van der Waals surface area (Å²) >= 11 is 3.33. The lowest BCUT2D eigenvalue weighted by atomic mass is 10.3. The third-order valence-corrected chi connectivity index (χ3v) is 5.64. The fraction of sp³-hybridized carbons (Fsp3) is 0.158. The van der Waals surface area contributed by atoms with E-state index in [1.165, 1.54) is 5.56 Å². The van der Waals surface area contributed by atoms with Gasteiger partial charge in [0, 0.05) is 13.6 Å². The van der Waals surface area contributed by atoms with Crippen LogP contribution in [0.25, 0.3) is 21.0 Å². The number of nitrogens with zero attached hydrogens (tertiary/aromatic N) is 2. The number of aromatic nitrogens is 1. The van der Waals surface area contributed by atoms with Gasteiger partial charge in [-0.25, -0.2) is 4.98 Å². The maximum absolute atomic E-state index is 5.95. The zero-order valence-electron chi connectivity index (χ0n) is 14.6. The first-order valence-corrected chi connectivity index (χ1v) is 9.98. The van der Waals surface area contributed by atoms with E-state index in [0.29, 0.717) is 6.54 Å². The Labute approximate surface area is 182 Å². The molecule has 2 N–H and O–H groups in total. The van der Waals surface area contributed by atoms with E-state index in [-0.39, 0.29) is 24.0 Å². The van der Waals surface area contributed by atoms with Crippen molar-refractivity contribution in [2.75, 3.05) is 7.05 Å². The second-order valence-corrected chi connectivity index (χ2v) is 7.47. The largest absolute Gasteiger partial charge is 0.457 e. The summed E-state index contributed by atoms with van der Waals surface area (Å²) in [5.74, 6) is 2.39. The van der Waals surface area contributed by atoms with Gasteiger partial charge in [-0.05, 0) is 46.7 Å². The van der Waals surface area contributed by atoms with Gasteiger partial charge in [0.15, 0.2) is 16.7 Å². The third kappa shape index (κ3) is 4.88. The Bertz CT molecular complexity index is 990. The van der Waals surface area contributed by atoms with Crippen LogP contribution in [0.4, 0.5) is 0 Å². The number of fused-ring (bicyclic) bond motifs is 1. The zero-order valence-corrected chi connectivity index (χ0v) is 18.6. The summed E-state index contributed by atoms with van der Waals surface area (Å²) in [6, 6.07) is 14.2. The van der Waals surface area contributed by atoms with Crippen LogP contribution in [0.3, 0.4) is 0 Å². The highest BCUT2D eigenvalue weighted by Gasteiger charge is 2.10. The molecule has 0 aliphatic carbocycles. The fourth-order valence-electron chi connectivity index (χ4n) is 2.54. The van der Waals surface area contributed by atoms with Gasteiger partial charge in [0.05, 0.1) is 16.8 Å². The Hall–Kier alpha value is -1.91. The lowest BCUT2D eigenvalue weighted by molar-refractivity contribution is 0.513. The number of furan rings is 1. The van der Waals surface area contributed by atoms with Gasteiger partial charge in [-0.2, -0.15) is 11.3 Å². The van der Waals surface area contributed by atoms with Crippen LogP contribution in [-0.2, 0) is 13.1 Å². The molecule has 0 fully saturated rings. The first-order valence-electron chi connectivity index (χ1n) is 8.22. The quantitative estimate of drug-likeness (QED) is 0.223. The average Bonchev–Trinajstić information content (AvgIpc) is 3.41. The molecule has 4 rings (SSSR count). The molecule has 0 spiro atoms. The van der Waals surface area contributed by atoms with Crippen molar-refractivity contribution in [1.29, 1.82) is 0 Å². The molecule has 0 unspecified atom stereocenters. The number of halogens is 1. The van der Waals surface area contributed by atoms with Crippen molar-refractivity contribution in [2.24, 2.45) is 4.99 Å². The summed E-state index contributed by atoms with van der Waals surface area (Å²) in [4.78, 5) is 8.88. The predicted octanol–water partition coefficient (Wildman–Crippen LogP) is 5.10. The van der Waals surface area contributed by atoms with Crippen molar-refractivity contribution in [3.8, 4) is 10.8 Å². The van der Waals surface area contributed by atoms with E-state index in [0.717, 1.165) is 39.2 Å². The first-order chi connectivity index (χ1) is 12.8. The number of thiophene rings is 1.